The van der Waals surface area contributed by atoms with E-state index in [0.29, 0.717) is 23.7 Å². The fourth-order valence-corrected chi connectivity index (χ4v) is 41.8. The van der Waals surface area contributed by atoms with Gasteiger partial charge in [-0.2, -0.15) is 0 Å². The van der Waals surface area contributed by atoms with Crippen LogP contribution >= 0.6 is 17.0 Å². The number of fused-ring (bicyclic) bond motifs is 2. The molecule has 2 aliphatic rings. The first-order valence-corrected chi connectivity index (χ1v) is 39.2. The van der Waals surface area contributed by atoms with Gasteiger partial charge in [-0.25, -0.2) is 0 Å². The monoisotopic (exact) mass is 909 g/mol. The number of allylic oxidation sites excluding steroid dienone is 2. The van der Waals surface area contributed by atoms with Gasteiger partial charge < -0.3 is 0 Å². The molecular weight excluding hydrogens is 839 g/mol. The van der Waals surface area contributed by atoms with Crippen molar-refractivity contribution >= 4 is 35.1 Å². The molecule has 0 aromatic heterocycles. The number of rotatable bonds is 15. The Balaban J connectivity index is 1.65. The molecule has 0 aliphatic heterocycles. The maximum absolute atomic E-state index is 9.04. The van der Waals surface area contributed by atoms with E-state index < -0.39 is 21.5 Å². The van der Waals surface area contributed by atoms with Gasteiger partial charge in [-0.1, -0.05) is 0 Å². The van der Waals surface area contributed by atoms with Gasteiger partial charge in [0.2, 0.25) is 0 Å². The first-order valence-electron chi connectivity index (χ1n) is 22.9. The molecule has 0 nitrogen and oxygen atoms in total. The molecule has 4 aromatic rings. The predicted octanol–water partition coefficient (Wildman–Crippen LogP) is 18.1. The van der Waals surface area contributed by atoms with Gasteiger partial charge in [-0.05, 0) is 0 Å². The summed E-state index contributed by atoms with van der Waals surface area (Å²) in [5.74, 6) is 0.106. The van der Waals surface area contributed by atoms with Gasteiger partial charge in [0.15, 0.2) is 0 Å². The van der Waals surface area contributed by atoms with Crippen LogP contribution < -0.4 is 0 Å². The van der Waals surface area contributed by atoms with E-state index in [9.17, 15) is 0 Å². The number of hydrogen-bond donors (Lipinski definition) is 0. The summed E-state index contributed by atoms with van der Waals surface area (Å²) < 4.78 is 0.190. The quantitative estimate of drug-likeness (QED) is 0.104. The molecule has 58 heavy (non-hydrogen) atoms. The molecule has 2 unspecified atom stereocenters. The zero-order valence-electron chi connectivity index (χ0n) is 38.5. The molecule has 0 spiro atoms. The molecule has 311 valence electrons. The second-order valence-electron chi connectivity index (χ2n) is 19.8. The van der Waals surface area contributed by atoms with Crippen LogP contribution in [-0.4, -0.2) is 5.92 Å². The fraction of sp³-hybridized carbons (Fsp3) is 0.481. The van der Waals surface area contributed by atoms with E-state index in [1.165, 1.54) is 89.0 Å². The first kappa shape index (κ1) is 45.6. The van der Waals surface area contributed by atoms with Crippen molar-refractivity contribution < 1.29 is 15.6 Å². The van der Waals surface area contributed by atoms with Gasteiger partial charge in [0.25, 0.3) is 0 Å². The Morgan fingerprint density at radius 3 is 1.14 bits per heavy atom. The normalized spacial score (nSPS) is 17.4. The molecule has 4 aromatic carbocycles. The van der Waals surface area contributed by atoms with Crippen LogP contribution in [0.5, 0.6) is 0 Å². The van der Waals surface area contributed by atoms with E-state index in [2.05, 4.69) is 169 Å². The SMILES string of the molecule is CCCCC1=Cc2c(ccc(C)c2-c2cc(C(C)C)cc(C(C)C)c2)[CH]1[Zr]([Cl])([Cl])([CH]1C(CCCC)=Cc2c1ccc(C)c2-c1cc(C(C)C)cc(C(C)C)c1)[SiH](C)C. The third-order valence-electron chi connectivity index (χ3n) is 14.0. The number of halogens is 2. The Bertz CT molecular complexity index is 2030. The van der Waals surface area contributed by atoms with E-state index in [-0.39, 0.29) is 7.25 Å². The second-order valence-corrected chi connectivity index (χ2v) is 62.3. The summed E-state index contributed by atoms with van der Waals surface area (Å²) in [7, 11) is 18.1. The van der Waals surface area contributed by atoms with Crippen LogP contribution in [0.25, 0.3) is 34.4 Å². The molecule has 0 amide bonds. The molecule has 2 aliphatic carbocycles. The van der Waals surface area contributed by atoms with E-state index in [4.69, 9.17) is 17.0 Å². The van der Waals surface area contributed by atoms with Gasteiger partial charge in [0, 0.05) is 0 Å². The standard InChI is InChI=1S/2C26H33.C2H7Si.2ClH.Zr/c2*1-7-8-9-20-12-21-11-10-19(6)26(25(21)13-20)24-15-22(17(2)3)14-23(16-24)18(4)5;1-3-2;;;/h2*10-18H,7-9H2,1-6H3;3H,1-2H3;2*1H;/q;;;;;+2/p-2. The van der Waals surface area contributed by atoms with Crippen LogP contribution in [0.3, 0.4) is 0 Å². The molecule has 0 heterocycles. The molecule has 0 N–H and O–H groups in total. The number of benzene rings is 4. The molecule has 4 heteroatoms. The summed E-state index contributed by atoms with van der Waals surface area (Å²) in [6.07, 6.45) is 11.9. The molecule has 0 radical (unpaired) electrons. The van der Waals surface area contributed by atoms with Crippen LogP contribution in [0.15, 0.2) is 71.8 Å². The van der Waals surface area contributed by atoms with Gasteiger partial charge in [-0.15, -0.1) is 0 Å². The van der Waals surface area contributed by atoms with Gasteiger partial charge in [-0.3, -0.25) is 0 Å². The average molecular weight is 912 g/mol. The molecule has 0 fully saturated rings. The molecule has 0 saturated heterocycles. The van der Waals surface area contributed by atoms with Crippen molar-refractivity contribution in [1.82, 2.24) is 0 Å². The molecule has 0 saturated carbocycles. The van der Waals surface area contributed by atoms with Crippen LogP contribution in [0.4, 0.5) is 0 Å². The van der Waals surface area contributed by atoms with Gasteiger partial charge >= 0.3 is 366 Å². The van der Waals surface area contributed by atoms with Crippen LogP contribution in [0, 0.1) is 13.8 Å². The Morgan fingerprint density at radius 2 is 0.862 bits per heavy atom. The summed E-state index contributed by atoms with van der Waals surface area (Å²) in [5, 5.41) is 0. The Morgan fingerprint density at radius 1 is 0.534 bits per heavy atom. The van der Waals surface area contributed by atoms with Crippen molar-refractivity contribution in [2.75, 3.05) is 0 Å². The summed E-state index contributed by atoms with van der Waals surface area (Å²) in [6, 6.07) is 24.4. The molecule has 2 atom stereocenters. The first-order chi connectivity index (χ1) is 27.3. The number of aryl methyl sites for hydroxylation is 2. The van der Waals surface area contributed by atoms with E-state index in [0.717, 1.165) is 38.5 Å². The summed E-state index contributed by atoms with van der Waals surface area (Å²) in [6.45, 7) is 32.9. The Kier molecular flexibility index (Phi) is 14.0. The molecule has 0 bridgehead atoms. The zero-order valence-corrected chi connectivity index (χ0v) is 43.6. The summed E-state index contributed by atoms with van der Waals surface area (Å²) >= 11 is -5.01. The third-order valence-corrected chi connectivity index (χ3v) is 65.9. The summed E-state index contributed by atoms with van der Waals surface area (Å²) in [4.78, 5) is 0. The average Bonchev–Trinajstić information content (AvgIpc) is 3.75. The Hall–Kier alpha value is -1.96. The fourth-order valence-electron chi connectivity index (χ4n) is 10.3. The minimum atomic E-state index is -5.01. The van der Waals surface area contributed by atoms with Crippen LogP contribution in [0.2, 0.25) is 13.1 Å². The molecule has 6 rings (SSSR count). The minimum absolute atomic E-state index is 0.0951. The van der Waals surface area contributed by atoms with Gasteiger partial charge in [0.05, 0.1) is 0 Å². The maximum atomic E-state index is 9.04. The van der Waals surface area contributed by atoms with Crippen molar-refractivity contribution in [3.05, 3.63) is 127 Å². The third kappa shape index (κ3) is 8.21. The molecular formula is C54H73Cl2SiZr. The van der Waals surface area contributed by atoms with Crippen molar-refractivity contribution in [1.29, 1.82) is 0 Å². The van der Waals surface area contributed by atoms with Crippen LogP contribution in [0.1, 0.15) is 194 Å². The van der Waals surface area contributed by atoms with Crippen molar-refractivity contribution in [2.45, 2.75) is 166 Å². The van der Waals surface area contributed by atoms with Crippen LogP contribution in [-0.2, 0) is 15.6 Å². The zero-order chi connectivity index (χ0) is 42.5. The topological polar surface area (TPSA) is 0 Å². The number of hydrogen-bond acceptors (Lipinski definition) is 0. The van der Waals surface area contributed by atoms with Crippen molar-refractivity contribution in [3.63, 3.8) is 0 Å². The van der Waals surface area contributed by atoms with E-state index in [1.807, 2.05) is 0 Å². The van der Waals surface area contributed by atoms with Crippen molar-refractivity contribution in [3.8, 4) is 22.3 Å². The number of unbranched alkanes of at least 4 members (excludes halogenated alkanes) is 2. The summed E-state index contributed by atoms with van der Waals surface area (Å²) in [5.41, 5.74) is 22.4. The second kappa shape index (κ2) is 17.8. The predicted molar refractivity (Wildman–Crippen MR) is 261 cm³/mol. The Labute approximate surface area is 363 Å². The van der Waals surface area contributed by atoms with Gasteiger partial charge in [0.1, 0.15) is 0 Å². The van der Waals surface area contributed by atoms with Crippen molar-refractivity contribution in [2.24, 2.45) is 0 Å². The van der Waals surface area contributed by atoms with E-state index in [1.54, 1.807) is 0 Å². The van der Waals surface area contributed by atoms with E-state index >= 15 is 0 Å².